The first kappa shape index (κ1) is 19.0. The molecule has 4 aromatic rings. The average Bonchev–Trinajstić information content (AvgIpc) is 2.76. The molecule has 0 fully saturated rings. The minimum atomic E-state index is -0.203. The first-order valence-electron chi connectivity index (χ1n) is 9.46. The fourth-order valence-corrected chi connectivity index (χ4v) is 3.59. The van der Waals surface area contributed by atoms with Gasteiger partial charge in [-0.05, 0) is 29.3 Å². The lowest BCUT2D eigenvalue weighted by Gasteiger charge is -2.16. The van der Waals surface area contributed by atoms with Crippen molar-refractivity contribution in [1.82, 2.24) is 15.3 Å². The van der Waals surface area contributed by atoms with Gasteiger partial charge in [0, 0.05) is 12.1 Å². The molecule has 4 rings (SSSR count). The third-order valence-corrected chi connectivity index (χ3v) is 5.13. The van der Waals surface area contributed by atoms with Crippen LogP contribution < -0.4 is 20.3 Å². The molecule has 1 aromatic heterocycles. The molecule has 2 N–H and O–H groups in total. The molecule has 0 saturated carbocycles. The first-order chi connectivity index (χ1) is 14.1. The van der Waals surface area contributed by atoms with Gasteiger partial charge in [-0.25, -0.2) is 4.98 Å². The lowest BCUT2D eigenvalue weighted by atomic mass is 10.00. The zero-order valence-electron chi connectivity index (χ0n) is 16.7. The molecule has 0 saturated heterocycles. The van der Waals surface area contributed by atoms with E-state index in [9.17, 15) is 4.79 Å². The van der Waals surface area contributed by atoms with Crippen molar-refractivity contribution in [1.29, 1.82) is 0 Å². The Morgan fingerprint density at radius 2 is 1.72 bits per heavy atom. The van der Waals surface area contributed by atoms with E-state index >= 15 is 0 Å². The molecule has 148 valence electrons. The highest BCUT2D eigenvalue weighted by Gasteiger charge is 2.13. The van der Waals surface area contributed by atoms with Crippen molar-refractivity contribution in [2.24, 2.45) is 0 Å². The van der Waals surface area contributed by atoms with Crippen molar-refractivity contribution >= 4 is 21.7 Å². The predicted octanol–water partition coefficient (Wildman–Crippen LogP) is 3.94. The molecule has 0 radical (unpaired) electrons. The summed E-state index contributed by atoms with van der Waals surface area (Å²) in [6.45, 7) is 2.54. The van der Waals surface area contributed by atoms with Crippen LogP contribution in [0.2, 0.25) is 0 Å². The van der Waals surface area contributed by atoms with Crippen LogP contribution in [0.15, 0.2) is 59.4 Å². The van der Waals surface area contributed by atoms with Crippen LogP contribution in [0.1, 0.15) is 24.4 Å². The molecule has 29 heavy (non-hydrogen) atoms. The predicted molar refractivity (Wildman–Crippen MR) is 115 cm³/mol. The van der Waals surface area contributed by atoms with E-state index < -0.39 is 0 Å². The van der Waals surface area contributed by atoms with Crippen LogP contribution in [0.3, 0.4) is 0 Å². The Balaban J connectivity index is 1.61. The van der Waals surface area contributed by atoms with Crippen molar-refractivity contribution in [3.8, 4) is 11.5 Å². The molecule has 6 nitrogen and oxygen atoms in total. The van der Waals surface area contributed by atoms with Crippen molar-refractivity contribution in [2.75, 3.05) is 14.2 Å². The Morgan fingerprint density at radius 3 is 2.52 bits per heavy atom. The van der Waals surface area contributed by atoms with E-state index in [2.05, 4.69) is 52.5 Å². The van der Waals surface area contributed by atoms with Crippen LogP contribution in [-0.2, 0) is 6.54 Å². The number of rotatable bonds is 6. The van der Waals surface area contributed by atoms with E-state index in [4.69, 9.17) is 9.47 Å². The Kier molecular flexibility index (Phi) is 5.18. The summed E-state index contributed by atoms with van der Waals surface area (Å²) in [5.41, 5.74) is 1.57. The summed E-state index contributed by atoms with van der Waals surface area (Å²) in [4.78, 5) is 20.0. The van der Waals surface area contributed by atoms with E-state index in [0.717, 1.165) is 0 Å². The van der Waals surface area contributed by atoms with E-state index in [-0.39, 0.29) is 11.6 Å². The van der Waals surface area contributed by atoms with Gasteiger partial charge in [0.2, 0.25) is 0 Å². The fourth-order valence-electron chi connectivity index (χ4n) is 3.59. The van der Waals surface area contributed by atoms with Gasteiger partial charge in [-0.15, -0.1) is 0 Å². The summed E-state index contributed by atoms with van der Waals surface area (Å²) in [5.74, 6) is 1.62. The maximum absolute atomic E-state index is 12.5. The number of ether oxygens (including phenoxy) is 2. The fraction of sp³-hybridized carbons (Fsp3) is 0.217. The number of H-pyrrole nitrogens is 1. The number of aromatic amines is 1. The molecular weight excluding hydrogens is 366 g/mol. The second-order valence-electron chi connectivity index (χ2n) is 6.91. The maximum atomic E-state index is 12.5. The molecule has 1 heterocycles. The lowest BCUT2D eigenvalue weighted by molar-refractivity contribution is 0.355. The zero-order valence-corrected chi connectivity index (χ0v) is 16.7. The van der Waals surface area contributed by atoms with Crippen molar-refractivity contribution in [3.63, 3.8) is 0 Å². The number of nitrogens with one attached hydrogen (secondary N) is 2. The van der Waals surface area contributed by atoms with Crippen molar-refractivity contribution < 1.29 is 9.47 Å². The highest BCUT2D eigenvalue weighted by atomic mass is 16.5. The molecule has 0 bridgehead atoms. The van der Waals surface area contributed by atoms with Crippen LogP contribution in [0.4, 0.5) is 0 Å². The first-order valence-corrected chi connectivity index (χ1v) is 9.46. The van der Waals surface area contributed by atoms with Crippen molar-refractivity contribution in [2.45, 2.75) is 19.5 Å². The summed E-state index contributed by atoms with van der Waals surface area (Å²) in [6.07, 6.45) is 0. The molecule has 6 heteroatoms. The van der Waals surface area contributed by atoms with Crippen LogP contribution in [-0.4, -0.2) is 24.2 Å². The maximum Gasteiger partial charge on any atom is 0.258 e. The number of fused-ring (bicyclic) bond motifs is 2. The van der Waals surface area contributed by atoms with Crippen molar-refractivity contribution in [3.05, 3.63) is 76.3 Å². The highest BCUT2D eigenvalue weighted by Crippen LogP contribution is 2.30. The van der Waals surface area contributed by atoms with E-state index in [0.29, 0.717) is 34.8 Å². The summed E-state index contributed by atoms with van der Waals surface area (Å²) >= 11 is 0. The summed E-state index contributed by atoms with van der Waals surface area (Å²) in [7, 11) is 3.10. The number of hydrogen-bond acceptors (Lipinski definition) is 5. The molecule has 3 aromatic carbocycles. The molecule has 0 aliphatic heterocycles. The minimum absolute atomic E-state index is 0.0903. The smallest absolute Gasteiger partial charge is 0.258 e. The second kappa shape index (κ2) is 7.93. The van der Waals surface area contributed by atoms with Gasteiger partial charge in [0.15, 0.2) is 11.5 Å². The number of hydrogen-bond donors (Lipinski definition) is 2. The zero-order chi connectivity index (χ0) is 20.4. The normalized spacial score (nSPS) is 12.2. The van der Waals surface area contributed by atoms with E-state index in [1.165, 1.54) is 23.4 Å². The average molecular weight is 389 g/mol. The van der Waals surface area contributed by atoms with Gasteiger partial charge in [0.1, 0.15) is 5.82 Å². The van der Waals surface area contributed by atoms with E-state index in [1.54, 1.807) is 19.2 Å². The van der Waals surface area contributed by atoms with Gasteiger partial charge in [-0.1, -0.05) is 42.5 Å². The Bertz CT molecular complexity index is 1230. The van der Waals surface area contributed by atoms with Crippen LogP contribution in [0, 0.1) is 0 Å². The minimum Gasteiger partial charge on any atom is -0.493 e. The quantitative estimate of drug-likeness (QED) is 0.522. The molecule has 0 aliphatic rings. The SMILES string of the molecule is COc1cc2nc(CN[C@H](C)c3cccc4ccccc34)[nH]c(=O)c2cc1OC. The van der Waals surface area contributed by atoms with Gasteiger partial charge >= 0.3 is 0 Å². The molecular formula is C23H23N3O3. The van der Waals surface area contributed by atoms with E-state index in [1.807, 2.05) is 12.1 Å². The number of methoxy groups -OCH3 is 2. The topological polar surface area (TPSA) is 76.2 Å². The Hall–Kier alpha value is -3.38. The molecule has 0 spiro atoms. The molecule has 0 aliphatic carbocycles. The summed E-state index contributed by atoms with van der Waals surface area (Å²) in [6, 6.07) is 18.1. The standard InChI is InChI=1S/C23H23N3O3/c1-14(16-10-6-8-15-7-4-5-9-17(15)16)24-13-22-25-19-12-21(29-3)20(28-2)11-18(19)23(27)26-22/h4-12,14,24H,13H2,1-3H3,(H,25,26,27)/t14-/m1/s1. The van der Waals surface area contributed by atoms with Crippen LogP contribution >= 0.6 is 0 Å². The van der Waals surface area contributed by atoms with Gasteiger partial charge in [0.05, 0.1) is 31.7 Å². The van der Waals surface area contributed by atoms with Gasteiger partial charge in [-0.3, -0.25) is 4.79 Å². The third kappa shape index (κ3) is 3.67. The van der Waals surface area contributed by atoms with Gasteiger partial charge in [0.25, 0.3) is 5.56 Å². The highest BCUT2D eigenvalue weighted by molar-refractivity contribution is 5.86. The monoisotopic (exact) mass is 389 g/mol. The summed E-state index contributed by atoms with van der Waals surface area (Å²) < 4.78 is 10.6. The molecule has 0 amide bonds. The number of aromatic nitrogens is 2. The number of nitrogens with zero attached hydrogens (tertiary/aromatic N) is 1. The number of benzene rings is 3. The third-order valence-electron chi connectivity index (χ3n) is 5.13. The summed E-state index contributed by atoms with van der Waals surface area (Å²) in [5, 5.41) is 6.35. The largest absolute Gasteiger partial charge is 0.493 e. The van der Waals surface area contributed by atoms with Gasteiger partial charge in [-0.2, -0.15) is 0 Å². The molecule has 0 unspecified atom stereocenters. The lowest BCUT2D eigenvalue weighted by Crippen LogP contribution is -2.22. The van der Waals surface area contributed by atoms with Crippen LogP contribution in [0.25, 0.3) is 21.7 Å². The van der Waals surface area contributed by atoms with Gasteiger partial charge < -0.3 is 19.8 Å². The molecule has 1 atom stereocenters. The second-order valence-corrected chi connectivity index (χ2v) is 6.91. The van der Waals surface area contributed by atoms with Crippen LogP contribution in [0.5, 0.6) is 11.5 Å². The Labute approximate surface area is 168 Å². The Morgan fingerprint density at radius 1 is 1.00 bits per heavy atom.